The van der Waals surface area contributed by atoms with Gasteiger partial charge < -0.3 is 10.2 Å². The molecule has 2 rings (SSSR count). The van der Waals surface area contributed by atoms with E-state index in [9.17, 15) is 18.0 Å². The fraction of sp³-hybridized carbons (Fsp3) is 0.391. The number of carbonyl (C=O) groups is 2. The number of benzene rings is 2. The number of hydrogen-bond acceptors (Lipinski definition) is 4. The number of sulfonamides is 1. The first-order chi connectivity index (χ1) is 14.6. The molecule has 0 spiro atoms. The summed E-state index contributed by atoms with van der Waals surface area (Å²) in [5.74, 6) is -0.724. The molecule has 168 valence electrons. The molecule has 7 nitrogen and oxygen atoms in total. The molecule has 1 unspecified atom stereocenters. The van der Waals surface area contributed by atoms with E-state index >= 15 is 0 Å². The van der Waals surface area contributed by atoms with Gasteiger partial charge in [0.05, 0.1) is 11.9 Å². The molecule has 0 bridgehead atoms. The summed E-state index contributed by atoms with van der Waals surface area (Å²) in [5, 5.41) is 2.61. The van der Waals surface area contributed by atoms with Crippen molar-refractivity contribution >= 4 is 27.5 Å². The van der Waals surface area contributed by atoms with Crippen LogP contribution in [0.5, 0.6) is 0 Å². The molecular formula is C23H31N3O4S. The predicted octanol–water partition coefficient (Wildman–Crippen LogP) is 2.62. The molecular weight excluding hydrogens is 414 g/mol. The number of carbonyl (C=O) groups excluding carboxylic acids is 2. The standard InChI is InChI=1S/C23H31N3O4S/c1-6-20(23(28)24-4)25(15-19-13-9-7-11-17(19)2)22(27)16-26(31(5,29)30)21-14-10-8-12-18(21)3/h7-14,20H,6,15-16H2,1-5H3,(H,24,28). The summed E-state index contributed by atoms with van der Waals surface area (Å²) in [6.07, 6.45) is 1.48. The van der Waals surface area contributed by atoms with E-state index in [1.807, 2.05) is 44.2 Å². The molecule has 0 aliphatic rings. The monoisotopic (exact) mass is 445 g/mol. The number of nitrogens with one attached hydrogen (secondary N) is 1. The van der Waals surface area contributed by atoms with Crippen molar-refractivity contribution in [3.8, 4) is 0 Å². The Morgan fingerprint density at radius 3 is 2.10 bits per heavy atom. The zero-order valence-corrected chi connectivity index (χ0v) is 19.6. The Kier molecular flexibility index (Phi) is 8.21. The van der Waals surface area contributed by atoms with Crippen molar-refractivity contribution in [2.45, 2.75) is 39.8 Å². The minimum atomic E-state index is -3.72. The maximum Gasteiger partial charge on any atom is 0.244 e. The second-order valence-corrected chi connectivity index (χ2v) is 9.45. The Morgan fingerprint density at radius 1 is 1.00 bits per heavy atom. The molecule has 8 heteroatoms. The van der Waals surface area contributed by atoms with Crippen LogP contribution in [0.25, 0.3) is 0 Å². The zero-order chi connectivity index (χ0) is 23.2. The van der Waals surface area contributed by atoms with E-state index in [2.05, 4.69) is 5.32 Å². The van der Waals surface area contributed by atoms with Crippen molar-refractivity contribution in [1.29, 1.82) is 0 Å². The van der Waals surface area contributed by atoms with Gasteiger partial charge in [0.2, 0.25) is 21.8 Å². The van der Waals surface area contributed by atoms with Gasteiger partial charge in [-0.2, -0.15) is 0 Å². The lowest BCUT2D eigenvalue weighted by atomic mass is 10.1. The van der Waals surface area contributed by atoms with Crippen LogP contribution in [0.2, 0.25) is 0 Å². The lowest BCUT2D eigenvalue weighted by Gasteiger charge is -2.33. The first-order valence-electron chi connectivity index (χ1n) is 10.2. The number of amides is 2. The third-order valence-corrected chi connectivity index (χ3v) is 6.42. The van der Waals surface area contributed by atoms with Crippen molar-refractivity contribution in [2.24, 2.45) is 0 Å². The molecule has 2 aromatic rings. The van der Waals surface area contributed by atoms with Crippen LogP contribution in [0, 0.1) is 13.8 Å². The van der Waals surface area contributed by atoms with Crippen molar-refractivity contribution in [1.82, 2.24) is 10.2 Å². The molecule has 2 amide bonds. The first-order valence-corrected chi connectivity index (χ1v) is 12.0. The largest absolute Gasteiger partial charge is 0.357 e. The Labute approximate surface area is 185 Å². The average molecular weight is 446 g/mol. The van der Waals surface area contributed by atoms with Crippen LogP contribution in [0.3, 0.4) is 0 Å². The van der Waals surface area contributed by atoms with E-state index in [1.54, 1.807) is 25.1 Å². The fourth-order valence-corrected chi connectivity index (χ4v) is 4.40. The second kappa shape index (κ2) is 10.4. The number of hydrogen-bond donors (Lipinski definition) is 1. The molecule has 0 aliphatic heterocycles. The minimum absolute atomic E-state index is 0.211. The van der Waals surface area contributed by atoms with Gasteiger partial charge in [-0.25, -0.2) is 8.42 Å². The maximum absolute atomic E-state index is 13.5. The maximum atomic E-state index is 13.5. The van der Waals surface area contributed by atoms with Crippen LogP contribution >= 0.6 is 0 Å². The van der Waals surface area contributed by atoms with E-state index in [1.165, 1.54) is 11.9 Å². The second-order valence-electron chi connectivity index (χ2n) is 7.54. The number of nitrogens with zero attached hydrogens (tertiary/aromatic N) is 2. The Bertz CT molecular complexity index is 1040. The lowest BCUT2D eigenvalue weighted by Crippen LogP contribution is -2.51. The summed E-state index contributed by atoms with van der Waals surface area (Å²) >= 11 is 0. The molecule has 1 N–H and O–H groups in total. The molecule has 0 aliphatic carbocycles. The summed E-state index contributed by atoms with van der Waals surface area (Å²) in [6, 6.07) is 13.9. The van der Waals surface area contributed by atoms with Crippen molar-refractivity contribution < 1.29 is 18.0 Å². The van der Waals surface area contributed by atoms with E-state index in [0.29, 0.717) is 12.1 Å². The van der Waals surface area contributed by atoms with Crippen LogP contribution in [-0.2, 0) is 26.2 Å². The minimum Gasteiger partial charge on any atom is -0.357 e. The van der Waals surface area contributed by atoms with Crippen molar-refractivity contribution in [3.05, 3.63) is 65.2 Å². The van der Waals surface area contributed by atoms with E-state index in [-0.39, 0.29) is 19.0 Å². The van der Waals surface area contributed by atoms with Crippen LogP contribution in [-0.4, -0.2) is 51.0 Å². The summed E-state index contributed by atoms with van der Waals surface area (Å²) in [7, 11) is -2.20. The van der Waals surface area contributed by atoms with Crippen LogP contribution in [0.15, 0.2) is 48.5 Å². The Morgan fingerprint density at radius 2 is 1.58 bits per heavy atom. The number of para-hydroxylation sites is 1. The van der Waals surface area contributed by atoms with Gasteiger partial charge in [0, 0.05) is 13.6 Å². The Hall–Kier alpha value is -2.87. The van der Waals surface area contributed by atoms with E-state index in [0.717, 1.165) is 27.3 Å². The molecule has 0 radical (unpaired) electrons. The van der Waals surface area contributed by atoms with Crippen molar-refractivity contribution in [3.63, 3.8) is 0 Å². The smallest absolute Gasteiger partial charge is 0.244 e. The van der Waals surface area contributed by atoms with Crippen molar-refractivity contribution in [2.75, 3.05) is 24.2 Å². The fourth-order valence-electron chi connectivity index (χ4n) is 3.50. The molecule has 2 aromatic carbocycles. The summed E-state index contributed by atoms with van der Waals surface area (Å²) in [6.45, 7) is 5.39. The van der Waals surface area contributed by atoms with Gasteiger partial charge in [-0.1, -0.05) is 49.4 Å². The first kappa shape index (κ1) is 24.4. The van der Waals surface area contributed by atoms with Gasteiger partial charge in [0.25, 0.3) is 0 Å². The van der Waals surface area contributed by atoms with E-state index < -0.39 is 22.0 Å². The third kappa shape index (κ3) is 6.07. The van der Waals surface area contributed by atoms with Gasteiger partial charge in [0.1, 0.15) is 12.6 Å². The Balaban J connectivity index is 2.46. The van der Waals surface area contributed by atoms with Crippen LogP contribution in [0.4, 0.5) is 5.69 Å². The summed E-state index contributed by atoms with van der Waals surface area (Å²) in [4.78, 5) is 27.5. The third-order valence-electron chi connectivity index (χ3n) is 5.30. The highest BCUT2D eigenvalue weighted by atomic mass is 32.2. The van der Waals surface area contributed by atoms with Gasteiger partial charge in [-0.05, 0) is 43.0 Å². The highest BCUT2D eigenvalue weighted by Crippen LogP contribution is 2.23. The number of anilines is 1. The molecule has 31 heavy (non-hydrogen) atoms. The molecule has 0 saturated heterocycles. The zero-order valence-electron chi connectivity index (χ0n) is 18.8. The van der Waals surface area contributed by atoms with Gasteiger partial charge in [0.15, 0.2) is 0 Å². The quantitative estimate of drug-likeness (QED) is 0.643. The highest BCUT2D eigenvalue weighted by Gasteiger charge is 2.31. The van der Waals surface area contributed by atoms with Crippen LogP contribution in [0.1, 0.15) is 30.0 Å². The molecule has 1 atom stereocenters. The highest BCUT2D eigenvalue weighted by molar-refractivity contribution is 7.92. The molecule has 0 saturated carbocycles. The normalized spacial score (nSPS) is 12.2. The number of aryl methyl sites for hydroxylation is 2. The molecule has 0 aromatic heterocycles. The molecule has 0 fully saturated rings. The average Bonchev–Trinajstić information content (AvgIpc) is 2.72. The lowest BCUT2D eigenvalue weighted by molar-refractivity contribution is -0.140. The van der Waals surface area contributed by atoms with Gasteiger partial charge >= 0.3 is 0 Å². The van der Waals surface area contributed by atoms with Gasteiger partial charge in [-0.15, -0.1) is 0 Å². The topological polar surface area (TPSA) is 86.8 Å². The van der Waals surface area contributed by atoms with Gasteiger partial charge in [-0.3, -0.25) is 13.9 Å². The predicted molar refractivity (Wildman–Crippen MR) is 123 cm³/mol. The number of rotatable bonds is 9. The summed E-state index contributed by atoms with van der Waals surface area (Å²) in [5.41, 5.74) is 3.08. The molecule has 0 heterocycles. The SMILES string of the molecule is CCC(C(=O)NC)N(Cc1ccccc1C)C(=O)CN(c1ccccc1C)S(C)(=O)=O. The summed E-state index contributed by atoms with van der Waals surface area (Å²) < 4.78 is 26.2. The van der Waals surface area contributed by atoms with Crippen LogP contribution < -0.4 is 9.62 Å². The van der Waals surface area contributed by atoms with E-state index in [4.69, 9.17) is 0 Å². The number of likely N-dealkylation sites (N-methyl/N-ethyl adjacent to an activating group) is 1.